The lowest BCUT2D eigenvalue weighted by Crippen LogP contribution is -2.05. The van der Waals surface area contributed by atoms with E-state index in [-0.39, 0.29) is 11.5 Å². The Morgan fingerprint density at radius 1 is 1.25 bits per heavy atom. The molecule has 0 atom stereocenters. The number of nitrogens with one attached hydrogen (secondary N) is 3. The van der Waals surface area contributed by atoms with E-state index in [9.17, 15) is 9.59 Å². The molecule has 0 fully saturated rings. The van der Waals surface area contributed by atoms with Crippen molar-refractivity contribution in [1.82, 2.24) is 10.2 Å². The number of H-pyrrole nitrogens is 2. The Hall–Kier alpha value is -2.30. The van der Waals surface area contributed by atoms with Crippen molar-refractivity contribution in [2.75, 3.05) is 5.32 Å². The van der Waals surface area contributed by atoms with Crippen molar-refractivity contribution in [2.45, 2.75) is 6.92 Å². The molecule has 3 N–H and O–H groups in total. The van der Waals surface area contributed by atoms with Gasteiger partial charge >= 0.3 is 0 Å². The molecule has 0 spiro atoms. The summed E-state index contributed by atoms with van der Waals surface area (Å²) in [5.74, 6) is -0.125. The average Bonchev–Trinajstić information content (AvgIpc) is 2.64. The van der Waals surface area contributed by atoms with Gasteiger partial charge in [0.15, 0.2) is 0 Å². The number of benzene rings is 1. The summed E-state index contributed by atoms with van der Waals surface area (Å²) in [5, 5.41) is 7.89. The summed E-state index contributed by atoms with van der Waals surface area (Å²) < 4.78 is 0. The highest BCUT2D eigenvalue weighted by atomic mass is 16.1. The second kappa shape index (κ2) is 4.06. The minimum atomic E-state index is -0.181. The number of anilines is 1. The first-order chi connectivity index (χ1) is 7.65. The SMILES string of the molecule is CC(=O)Nc1cccc(-c2cc(=O)[nH][nH]2)c1. The van der Waals surface area contributed by atoms with Crippen molar-refractivity contribution in [3.8, 4) is 11.3 Å². The molecule has 0 saturated carbocycles. The number of carbonyl (C=O) groups is 1. The largest absolute Gasteiger partial charge is 0.326 e. The Labute approximate surface area is 91.5 Å². The van der Waals surface area contributed by atoms with Crippen molar-refractivity contribution in [2.24, 2.45) is 0 Å². The molecule has 0 bridgehead atoms. The van der Waals surface area contributed by atoms with Gasteiger partial charge < -0.3 is 5.32 Å². The molecule has 16 heavy (non-hydrogen) atoms. The van der Waals surface area contributed by atoms with Gasteiger partial charge in [-0.1, -0.05) is 12.1 Å². The second-order valence-corrected chi connectivity index (χ2v) is 3.43. The minimum absolute atomic E-state index is 0.125. The van der Waals surface area contributed by atoms with Gasteiger partial charge in [-0.2, -0.15) is 0 Å². The van der Waals surface area contributed by atoms with Crippen molar-refractivity contribution in [3.63, 3.8) is 0 Å². The van der Waals surface area contributed by atoms with E-state index in [1.165, 1.54) is 13.0 Å². The molecule has 0 saturated heterocycles. The zero-order chi connectivity index (χ0) is 11.5. The second-order valence-electron chi connectivity index (χ2n) is 3.43. The van der Waals surface area contributed by atoms with Crippen LogP contribution in [-0.2, 0) is 4.79 Å². The number of hydrogen-bond donors (Lipinski definition) is 3. The molecular weight excluding hydrogens is 206 g/mol. The van der Waals surface area contributed by atoms with E-state index in [0.29, 0.717) is 11.4 Å². The number of aromatic amines is 2. The van der Waals surface area contributed by atoms with Crippen molar-refractivity contribution >= 4 is 11.6 Å². The highest BCUT2D eigenvalue weighted by Gasteiger charge is 2.02. The Morgan fingerprint density at radius 2 is 2.06 bits per heavy atom. The van der Waals surface area contributed by atoms with Gasteiger partial charge in [0.2, 0.25) is 5.91 Å². The predicted molar refractivity (Wildman–Crippen MR) is 61.2 cm³/mol. The molecule has 1 amide bonds. The van der Waals surface area contributed by atoms with Crippen LogP contribution >= 0.6 is 0 Å². The summed E-state index contributed by atoms with van der Waals surface area (Å²) in [5.41, 5.74) is 2.05. The Bertz CT molecular complexity index is 568. The van der Waals surface area contributed by atoms with Gasteiger partial charge in [-0.05, 0) is 12.1 Å². The maximum Gasteiger partial charge on any atom is 0.264 e. The third-order valence-electron chi connectivity index (χ3n) is 2.09. The van der Waals surface area contributed by atoms with Crippen molar-refractivity contribution in [3.05, 3.63) is 40.7 Å². The summed E-state index contributed by atoms with van der Waals surface area (Å²) in [4.78, 5) is 21.9. The lowest BCUT2D eigenvalue weighted by molar-refractivity contribution is -0.114. The maximum atomic E-state index is 11.0. The molecule has 0 radical (unpaired) electrons. The lowest BCUT2D eigenvalue weighted by atomic mass is 10.1. The van der Waals surface area contributed by atoms with Crippen LogP contribution < -0.4 is 10.9 Å². The normalized spacial score (nSPS) is 10.1. The maximum absolute atomic E-state index is 11.0. The standard InChI is InChI=1S/C11H11N3O2/c1-7(15)12-9-4-2-3-8(5-9)10-6-11(16)14-13-10/h2-6H,1H3,(H,12,15)(H2,13,14,16). The Kier molecular flexibility index (Phi) is 2.59. The van der Waals surface area contributed by atoms with E-state index < -0.39 is 0 Å². The highest BCUT2D eigenvalue weighted by molar-refractivity contribution is 5.89. The molecule has 1 heterocycles. The number of carbonyl (C=O) groups excluding carboxylic acids is 1. The lowest BCUT2D eigenvalue weighted by Gasteiger charge is -2.03. The molecule has 0 aliphatic carbocycles. The van der Waals surface area contributed by atoms with E-state index in [2.05, 4.69) is 15.5 Å². The molecule has 2 rings (SSSR count). The van der Waals surface area contributed by atoms with Crippen LogP contribution in [0.2, 0.25) is 0 Å². The fourth-order valence-corrected chi connectivity index (χ4v) is 1.46. The van der Waals surface area contributed by atoms with Crippen molar-refractivity contribution in [1.29, 1.82) is 0 Å². The molecule has 2 aromatic rings. The topological polar surface area (TPSA) is 77.8 Å². The monoisotopic (exact) mass is 217 g/mol. The van der Waals surface area contributed by atoms with E-state index in [1.807, 2.05) is 12.1 Å². The Morgan fingerprint density at radius 3 is 2.69 bits per heavy atom. The smallest absolute Gasteiger partial charge is 0.264 e. The Balaban J connectivity index is 2.35. The molecule has 1 aromatic heterocycles. The number of rotatable bonds is 2. The quantitative estimate of drug-likeness (QED) is 0.709. The fraction of sp³-hybridized carbons (Fsp3) is 0.0909. The van der Waals surface area contributed by atoms with Crippen LogP contribution in [0, 0.1) is 0 Å². The van der Waals surface area contributed by atoms with Gasteiger partial charge in [0, 0.05) is 24.2 Å². The molecule has 5 heteroatoms. The first-order valence-corrected chi connectivity index (χ1v) is 4.81. The van der Waals surface area contributed by atoms with E-state index in [0.717, 1.165) is 5.56 Å². The highest BCUT2D eigenvalue weighted by Crippen LogP contribution is 2.19. The third kappa shape index (κ3) is 2.20. The van der Waals surface area contributed by atoms with Crippen LogP contribution in [0.3, 0.4) is 0 Å². The average molecular weight is 217 g/mol. The van der Waals surface area contributed by atoms with Gasteiger partial charge in [0.25, 0.3) is 5.56 Å². The van der Waals surface area contributed by atoms with Gasteiger partial charge in [-0.25, -0.2) is 0 Å². The van der Waals surface area contributed by atoms with Crippen LogP contribution in [0.15, 0.2) is 35.1 Å². The van der Waals surface area contributed by atoms with Crippen LogP contribution in [0.1, 0.15) is 6.92 Å². The van der Waals surface area contributed by atoms with Crippen LogP contribution in [-0.4, -0.2) is 16.1 Å². The molecule has 0 unspecified atom stereocenters. The zero-order valence-corrected chi connectivity index (χ0v) is 8.70. The summed E-state index contributed by atoms with van der Waals surface area (Å²) in [6, 6.07) is 8.71. The minimum Gasteiger partial charge on any atom is -0.326 e. The van der Waals surface area contributed by atoms with Crippen LogP contribution in [0.4, 0.5) is 5.69 Å². The van der Waals surface area contributed by atoms with Gasteiger partial charge in [0.1, 0.15) is 0 Å². The first kappa shape index (κ1) is 10.2. The number of amides is 1. The molecule has 1 aromatic carbocycles. The third-order valence-corrected chi connectivity index (χ3v) is 2.09. The van der Waals surface area contributed by atoms with Gasteiger partial charge in [0.05, 0.1) is 5.69 Å². The van der Waals surface area contributed by atoms with Gasteiger partial charge in [-0.15, -0.1) is 0 Å². The first-order valence-electron chi connectivity index (χ1n) is 4.81. The molecule has 0 aliphatic rings. The molecule has 82 valence electrons. The zero-order valence-electron chi connectivity index (χ0n) is 8.70. The molecular formula is C11H11N3O2. The summed E-state index contributed by atoms with van der Waals surface area (Å²) in [7, 11) is 0. The summed E-state index contributed by atoms with van der Waals surface area (Å²) >= 11 is 0. The fourth-order valence-electron chi connectivity index (χ4n) is 1.46. The number of aromatic nitrogens is 2. The van der Waals surface area contributed by atoms with E-state index >= 15 is 0 Å². The summed E-state index contributed by atoms with van der Waals surface area (Å²) in [6.45, 7) is 1.45. The van der Waals surface area contributed by atoms with Crippen LogP contribution in [0.25, 0.3) is 11.3 Å². The number of hydrogen-bond acceptors (Lipinski definition) is 2. The van der Waals surface area contributed by atoms with E-state index in [4.69, 9.17) is 0 Å². The van der Waals surface area contributed by atoms with Crippen LogP contribution in [0.5, 0.6) is 0 Å². The molecule has 0 aliphatic heterocycles. The van der Waals surface area contributed by atoms with Crippen molar-refractivity contribution < 1.29 is 4.79 Å². The van der Waals surface area contributed by atoms with E-state index in [1.54, 1.807) is 12.1 Å². The predicted octanol–water partition coefficient (Wildman–Crippen LogP) is 1.33. The molecule has 5 nitrogen and oxygen atoms in total. The summed E-state index contributed by atoms with van der Waals surface area (Å²) in [6.07, 6.45) is 0. The van der Waals surface area contributed by atoms with Gasteiger partial charge in [-0.3, -0.25) is 19.8 Å².